The highest BCUT2D eigenvalue weighted by atomic mass is 32.1. The number of nitrogens with zero attached hydrogens (tertiary/aromatic N) is 2. The van der Waals surface area contributed by atoms with Crippen molar-refractivity contribution in [2.24, 2.45) is 0 Å². The number of urea groups is 1. The average molecular weight is 340 g/mol. The molecule has 1 rings (SSSR count). The average Bonchev–Trinajstić information content (AvgIpc) is 2.94. The highest BCUT2D eigenvalue weighted by Crippen LogP contribution is 2.19. The van der Waals surface area contributed by atoms with E-state index in [1.807, 2.05) is 19.2 Å². The van der Waals surface area contributed by atoms with Gasteiger partial charge in [0.2, 0.25) is 0 Å². The zero-order valence-corrected chi connectivity index (χ0v) is 14.0. The molecule has 0 spiro atoms. The zero-order chi connectivity index (χ0) is 17.6. The van der Waals surface area contributed by atoms with Crippen LogP contribution in [0.25, 0.3) is 0 Å². The third-order valence-electron chi connectivity index (χ3n) is 2.97. The van der Waals surface area contributed by atoms with E-state index in [4.69, 9.17) is 10.5 Å². The zero-order valence-electron chi connectivity index (χ0n) is 13.2. The van der Waals surface area contributed by atoms with E-state index in [0.29, 0.717) is 12.1 Å². The van der Waals surface area contributed by atoms with Crippen molar-refractivity contribution >= 4 is 35.3 Å². The molecular weight excluding hydrogens is 320 g/mol. The lowest BCUT2D eigenvalue weighted by Crippen LogP contribution is -2.47. The molecule has 0 radical (unpaired) electrons. The Morgan fingerprint density at radius 2 is 2.13 bits per heavy atom. The van der Waals surface area contributed by atoms with Gasteiger partial charge in [0.05, 0.1) is 23.5 Å². The summed E-state index contributed by atoms with van der Waals surface area (Å²) in [4.78, 5) is 40.0. The van der Waals surface area contributed by atoms with Gasteiger partial charge in [-0.05, 0) is 0 Å². The van der Waals surface area contributed by atoms with Crippen LogP contribution >= 0.6 is 11.3 Å². The Bertz CT molecular complexity index is 599. The number of aliphatic carboxylic acids is 1. The molecule has 1 aromatic rings. The molecule has 0 saturated heterocycles. The van der Waals surface area contributed by atoms with Gasteiger partial charge in [-0.3, -0.25) is 4.79 Å². The van der Waals surface area contributed by atoms with Crippen molar-refractivity contribution in [1.82, 2.24) is 15.2 Å². The monoisotopic (exact) mass is 340 g/mol. The summed E-state index contributed by atoms with van der Waals surface area (Å²) in [6.07, 6.45) is 0.0845. The SMILES string of the molecule is CC(C)c1nc(CN(C)C(=O)N[C@@H](CC(=O)C=N)C(=O)O)cs1. The van der Waals surface area contributed by atoms with E-state index >= 15 is 0 Å². The fraction of sp³-hybridized carbons (Fsp3) is 0.500. The molecule has 3 N–H and O–H groups in total. The van der Waals surface area contributed by atoms with E-state index in [1.165, 1.54) is 23.3 Å². The van der Waals surface area contributed by atoms with Gasteiger partial charge in [0.15, 0.2) is 5.78 Å². The van der Waals surface area contributed by atoms with Crippen molar-refractivity contribution < 1.29 is 19.5 Å². The number of carboxylic acid groups (broad SMARTS) is 1. The van der Waals surface area contributed by atoms with Crippen LogP contribution in [0.2, 0.25) is 0 Å². The van der Waals surface area contributed by atoms with Crippen molar-refractivity contribution in [3.63, 3.8) is 0 Å². The summed E-state index contributed by atoms with van der Waals surface area (Å²) in [5.74, 6) is -1.68. The molecule has 1 heterocycles. The number of hydrogen-bond donors (Lipinski definition) is 3. The van der Waals surface area contributed by atoms with E-state index < -0.39 is 30.2 Å². The molecule has 0 unspecified atom stereocenters. The molecule has 0 bridgehead atoms. The Morgan fingerprint density at radius 1 is 1.48 bits per heavy atom. The number of rotatable bonds is 8. The number of Topliss-reactive ketones (excluding diaryl/α,β-unsaturated/α-hetero) is 1. The topological polar surface area (TPSA) is 123 Å². The Kier molecular flexibility index (Phi) is 6.83. The normalized spacial score (nSPS) is 11.8. The Morgan fingerprint density at radius 3 is 2.61 bits per heavy atom. The number of hydrogen-bond acceptors (Lipinski definition) is 6. The number of aromatic nitrogens is 1. The molecule has 0 aromatic carbocycles. The number of thiazole rings is 1. The first kappa shape index (κ1) is 18.8. The lowest BCUT2D eigenvalue weighted by molar-refractivity contribution is -0.140. The first-order valence-electron chi connectivity index (χ1n) is 6.96. The van der Waals surface area contributed by atoms with Crippen LogP contribution in [0, 0.1) is 5.41 Å². The quantitative estimate of drug-likeness (QED) is 0.618. The van der Waals surface area contributed by atoms with Gasteiger partial charge in [-0.25, -0.2) is 14.6 Å². The highest BCUT2D eigenvalue weighted by molar-refractivity contribution is 7.09. The van der Waals surface area contributed by atoms with Crippen LogP contribution < -0.4 is 5.32 Å². The standard InChI is InChI=1S/C14H20N4O4S/c1-8(2)12-16-9(7-23-12)6-18(3)14(22)17-11(13(20)21)4-10(19)5-15/h5,7-8,11,15H,4,6H2,1-3H3,(H,17,22)(H,20,21)/t11-/m0/s1. The Labute approximate surface area is 138 Å². The van der Waals surface area contributed by atoms with E-state index in [-0.39, 0.29) is 6.54 Å². The van der Waals surface area contributed by atoms with E-state index in [9.17, 15) is 14.4 Å². The third-order valence-corrected chi connectivity index (χ3v) is 4.17. The van der Waals surface area contributed by atoms with Gasteiger partial charge >= 0.3 is 12.0 Å². The summed E-state index contributed by atoms with van der Waals surface area (Å²) in [6, 6.07) is -1.98. The maximum atomic E-state index is 12.0. The number of carbonyl (C=O) groups is 3. The predicted molar refractivity (Wildman–Crippen MR) is 86.0 cm³/mol. The first-order valence-corrected chi connectivity index (χ1v) is 7.84. The molecule has 9 heteroatoms. The van der Waals surface area contributed by atoms with Crippen molar-refractivity contribution in [3.05, 3.63) is 16.1 Å². The lowest BCUT2D eigenvalue weighted by Gasteiger charge is -2.20. The molecular formula is C14H20N4O4S. The van der Waals surface area contributed by atoms with E-state index in [1.54, 1.807) is 0 Å². The van der Waals surface area contributed by atoms with Gasteiger partial charge in [-0.15, -0.1) is 11.3 Å². The van der Waals surface area contributed by atoms with Crippen molar-refractivity contribution in [1.29, 1.82) is 5.41 Å². The van der Waals surface area contributed by atoms with Crippen LogP contribution in [-0.4, -0.2) is 52.1 Å². The molecule has 8 nitrogen and oxygen atoms in total. The summed E-state index contributed by atoms with van der Waals surface area (Å²) < 4.78 is 0. The van der Waals surface area contributed by atoms with Crippen LogP contribution in [0.1, 0.15) is 36.9 Å². The van der Waals surface area contributed by atoms with Gasteiger partial charge in [-0.1, -0.05) is 13.8 Å². The van der Waals surface area contributed by atoms with Crippen molar-refractivity contribution in [2.45, 2.75) is 38.8 Å². The molecule has 0 fully saturated rings. The van der Waals surface area contributed by atoms with E-state index in [2.05, 4.69) is 10.3 Å². The second kappa shape index (κ2) is 8.37. The molecule has 0 aliphatic carbocycles. The molecule has 1 aromatic heterocycles. The Balaban J connectivity index is 2.65. The van der Waals surface area contributed by atoms with Gasteiger partial charge in [0, 0.05) is 24.8 Å². The molecule has 0 saturated carbocycles. The molecule has 2 amide bonds. The molecule has 0 aliphatic heterocycles. The van der Waals surface area contributed by atoms with Crippen molar-refractivity contribution in [3.8, 4) is 0 Å². The van der Waals surface area contributed by atoms with Crippen LogP contribution in [-0.2, 0) is 16.1 Å². The van der Waals surface area contributed by atoms with Crippen molar-refractivity contribution in [2.75, 3.05) is 7.05 Å². The summed E-state index contributed by atoms with van der Waals surface area (Å²) in [6.45, 7) is 4.29. The maximum Gasteiger partial charge on any atom is 0.326 e. The fourth-order valence-corrected chi connectivity index (χ4v) is 2.52. The second-order valence-corrected chi connectivity index (χ2v) is 6.23. The van der Waals surface area contributed by atoms with Gasteiger partial charge < -0.3 is 20.7 Å². The number of carboxylic acids is 1. The van der Waals surface area contributed by atoms with E-state index in [0.717, 1.165) is 10.7 Å². The molecule has 0 aliphatic rings. The second-order valence-electron chi connectivity index (χ2n) is 5.34. The number of nitrogens with one attached hydrogen (secondary N) is 2. The maximum absolute atomic E-state index is 12.0. The van der Waals surface area contributed by atoms with Crippen LogP contribution in [0.15, 0.2) is 5.38 Å². The predicted octanol–water partition coefficient (Wildman–Crippen LogP) is 1.47. The number of carbonyl (C=O) groups excluding carboxylic acids is 2. The summed E-state index contributed by atoms with van der Waals surface area (Å²) in [7, 11) is 1.51. The lowest BCUT2D eigenvalue weighted by atomic mass is 10.1. The van der Waals surface area contributed by atoms with Crippen LogP contribution in [0.4, 0.5) is 4.79 Å². The smallest absolute Gasteiger partial charge is 0.326 e. The van der Waals surface area contributed by atoms with Crippen LogP contribution in [0.3, 0.4) is 0 Å². The number of ketones is 1. The molecule has 1 atom stereocenters. The molecule has 126 valence electrons. The molecule has 23 heavy (non-hydrogen) atoms. The minimum absolute atomic E-state index is 0.236. The summed E-state index contributed by atoms with van der Waals surface area (Å²) in [5, 5.41) is 20.9. The first-order chi connectivity index (χ1) is 10.7. The van der Waals surface area contributed by atoms with Crippen LogP contribution in [0.5, 0.6) is 0 Å². The summed E-state index contributed by atoms with van der Waals surface area (Å²) >= 11 is 1.51. The van der Waals surface area contributed by atoms with Gasteiger partial charge in [-0.2, -0.15) is 0 Å². The minimum atomic E-state index is -1.36. The van der Waals surface area contributed by atoms with Gasteiger partial charge in [0.25, 0.3) is 0 Å². The summed E-state index contributed by atoms with van der Waals surface area (Å²) in [5.41, 5.74) is 0.721. The fourth-order valence-electron chi connectivity index (χ4n) is 1.69. The largest absolute Gasteiger partial charge is 0.480 e. The van der Waals surface area contributed by atoms with Gasteiger partial charge in [0.1, 0.15) is 6.04 Å². The number of amides is 2. The highest BCUT2D eigenvalue weighted by Gasteiger charge is 2.24. The minimum Gasteiger partial charge on any atom is -0.480 e. The Hall–Kier alpha value is -2.29. The third kappa shape index (κ3) is 5.78.